The molecule has 2 unspecified atom stereocenters. The SMILES string of the molecule is CCC1CCC(O)(CN2C(=O)C3CCCC3C2=O)CC1. The van der Waals surface area contributed by atoms with Crippen LogP contribution >= 0.6 is 0 Å². The molecule has 2 atom stereocenters. The largest absolute Gasteiger partial charge is 0.388 e. The molecule has 0 radical (unpaired) electrons. The van der Waals surface area contributed by atoms with Crippen LogP contribution < -0.4 is 0 Å². The van der Waals surface area contributed by atoms with Crippen molar-refractivity contribution in [3.8, 4) is 0 Å². The summed E-state index contributed by atoms with van der Waals surface area (Å²) in [5.74, 6) is 0.475. The first-order chi connectivity index (χ1) is 9.54. The molecule has 3 aliphatic rings. The van der Waals surface area contributed by atoms with Crippen molar-refractivity contribution in [1.29, 1.82) is 0 Å². The van der Waals surface area contributed by atoms with Crippen molar-refractivity contribution in [2.45, 2.75) is 63.9 Å². The molecule has 2 saturated carbocycles. The van der Waals surface area contributed by atoms with Gasteiger partial charge >= 0.3 is 0 Å². The summed E-state index contributed by atoms with van der Waals surface area (Å²) in [4.78, 5) is 26.0. The van der Waals surface area contributed by atoms with Crippen LogP contribution in [0.25, 0.3) is 0 Å². The molecule has 2 aliphatic carbocycles. The Kier molecular flexibility index (Phi) is 3.61. The summed E-state index contributed by atoms with van der Waals surface area (Å²) in [6.07, 6.45) is 7.30. The molecule has 0 aromatic carbocycles. The van der Waals surface area contributed by atoms with Crippen molar-refractivity contribution in [2.75, 3.05) is 6.54 Å². The average Bonchev–Trinajstić information content (AvgIpc) is 3.00. The molecule has 1 saturated heterocycles. The molecular formula is C16H25NO3. The Morgan fingerprint density at radius 3 is 2.15 bits per heavy atom. The molecule has 1 N–H and O–H groups in total. The number of hydrogen-bond acceptors (Lipinski definition) is 3. The number of β-amino-alcohol motifs (C(OH)–C–C–N with tert-alkyl or cyclic N) is 1. The summed E-state index contributed by atoms with van der Waals surface area (Å²) in [6.45, 7) is 2.41. The second kappa shape index (κ2) is 5.14. The summed E-state index contributed by atoms with van der Waals surface area (Å²) in [6, 6.07) is 0. The summed E-state index contributed by atoms with van der Waals surface area (Å²) in [7, 11) is 0. The van der Waals surface area contributed by atoms with Crippen LogP contribution in [0.2, 0.25) is 0 Å². The summed E-state index contributed by atoms with van der Waals surface area (Å²) >= 11 is 0. The molecule has 4 nitrogen and oxygen atoms in total. The number of fused-ring (bicyclic) bond motifs is 1. The summed E-state index contributed by atoms with van der Waals surface area (Å²) in [5, 5.41) is 10.7. The van der Waals surface area contributed by atoms with Crippen molar-refractivity contribution >= 4 is 11.8 Å². The maximum atomic E-state index is 12.3. The van der Waals surface area contributed by atoms with Gasteiger partial charge in [0, 0.05) is 0 Å². The molecule has 0 spiro atoms. The minimum absolute atomic E-state index is 0.0245. The van der Waals surface area contributed by atoms with Crippen molar-refractivity contribution in [1.82, 2.24) is 4.90 Å². The van der Waals surface area contributed by atoms with Crippen LogP contribution in [-0.4, -0.2) is 34.0 Å². The van der Waals surface area contributed by atoms with E-state index in [9.17, 15) is 14.7 Å². The lowest BCUT2D eigenvalue weighted by Crippen LogP contribution is -2.48. The van der Waals surface area contributed by atoms with E-state index < -0.39 is 5.60 Å². The fourth-order valence-corrected chi connectivity index (χ4v) is 4.29. The standard InChI is InChI=1S/C16H25NO3/c1-2-11-6-8-16(20,9-7-11)10-17-14(18)12-4-3-5-13(12)15(17)19/h11-13,20H,2-10H2,1H3. The molecule has 3 fully saturated rings. The Morgan fingerprint density at radius 1 is 1.10 bits per heavy atom. The fraction of sp³-hybridized carbons (Fsp3) is 0.875. The highest BCUT2D eigenvalue weighted by atomic mass is 16.3. The highest BCUT2D eigenvalue weighted by Crippen LogP contribution is 2.42. The van der Waals surface area contributed by atoms with Crippen LogP contribution in [0.5, 0.6) is 0 Å². The summed E-state index contributed by atoms with van der Waals surface area (Å²) < 4.78 is 0. The molecule has 2 amide bonds. The van der Waals surface area contributed by atoms with Crippen LogP contribution in [0.1, 0.15) is 58.3 Å². The maximum Gasteiger partial charge on any atom is 0.233 e. The first kappa shape index (κ1) is 14.1. The molecule has 1 heterocycles. The molecule has 20 heavy (non-hydrogen) atoms. The van der Waals surface area contributed by atoms with Gasteiger partial charge in [0.05, 0.1) is 24.0 Å². The average molecular weight is 279 g/mol. The van der Waals surface area contributed by atoms with Crippen molar-refractivity contribution in [3.05, 3.63) is 0 Å². The Bertz CT molecular complexity index is 390. The van der Waals surface area contributed by atoms with Gasteiger partial charge in [0.25, 0.3) is 0 Å². The number of likely N-dealkylation sites (tertiary alicyclic amines) is 1. The van der Waals surface area contributed by atoms with Gasteiger partial charge in [-0.25, -0.2) is 0 Å². The van der Waals surface area contributed by atoms with E-state index in [-0.39, 0.29) is 30.2 Å². The van der Waals surface area contributed by atoms with E-state index in [0.717, 1.165) is 51.4 Å². The van der Waals surface area contributed by atoms with E-state index >= 15 is 0 Å². The number of imide groups is 1. The minimum atomic E-state index is -0.838. The number of carbonyl (C=O) groups is 2. The number of amides is 2. The van der Waals surface area contributed by atoms with Gasteiger partial charge in [-0.3, -0.25) is 14.5 Å². The Balaban J connectivity index is 1.66. The third-order valence-corrected chi connectivity index (χ3v) is 5.75. The second-order valence-electron chi connectivity index (χ2n) is 6.98. The Labute approximate surface area is 120 Å². The molecule has 3 rings (SSSR count). The third kappa shape index (κ3) is 2.28. The van der Waals surface area contributed by atoms with Crippen LogP contribution in [0, 0.1) is 17.8 Å². The lowest BCUT2D eigenvalue weighted by Gasteiger charge is -2.38. The van der Waals surface area contributed by atoms with Gasteiger partial charge in [-0.05, 0) is 44.4 Å². The topological polar surface area (TPSA) is 57.6 Å². The third-order valence-electron chi connectivity index (χ3n) is 5.75. The zero-order valence-electron chi connectivity index (χ0n) is 12.3. The van der Waals surface area contributed by atoms with Gasteiger partial charge in [-0.2, -0.15) is 0 Å². The maximum absolute atomic E-state index is 12.3. The molecule has 0 bridgehead atoms. The van der Waals surface area contributed by atoms with E-state index in [1.165, 1.54) is 4.90 Å². The van der Waals surface area contributed by atoms with Gasteiger partial charge in [0.15, 0.2) is 0 Å². The van der Waals surface area contributed by atoms with Crippen molar-refractivity contribution in [2.24, 2.45) is 17.8 Å². The molecule has 1 aliphatic heterocycles. The van der Waals surface area contributed by atoms with Gasteiger partial charge < -0.3 is 5.11 Å². The number of aliphatic hydroxyl groups is 1. The lowest BCUT2D eigenvalue weighted by molar-refractivity contribution is -0.146. The first-order valence-corrected chi connectivity index (χ1v) is 8.11. The predicted molar refractivity (Wildman–Crippen MR) is 74.7 cm³/mol. The van der Waals surface area contributed by atoms with Gasteiger partial charge in [-0.15, -0.1) is 0 Å². The van der Waals surface area contributed by atoms with Crippen molar-refractivity contribution in [3.63, 3.8) is 0 Å². The highest BCUT2D eigenvalue weighted by Gasteiger charge is 2.51. The molecule has 0 aromatic rings. The van der Waals surface area contributed by atoms with Crippen LogP contribution in [-0.2, 0) is 9.59 Å². The van der Waals surface area contributed by atoms with E-state index in [0.29, 0.717) is 5.92 Å². The Morgan fingerprint density at radius 2 is 1.65 bits per heavy atom. The predicted octanol–water partition coefficient (Wildman–Crippen LogP) is 2.10. The highest BCUT2D eigenvalue weighted by molar-refractivity contribution is 6.05. The van der Waals surface area contributed by atoms with Crippen molar-refractivity contribution < 1.29 is 14.7 Å². The smallest absolute Gasteiger partial charge is 0.233 e. The monoisotopic (exact) mass is 279 g/mol. The number of rotatable bonds is 3. The van der Waals surface area contributed by atoms with E-state index in [4.69, 9.17) is 0 Å². The fourth-order valence-electron chi connectivity index (χ4n) is 4.29. The summed E-state index contributed by atoms with van der Waals surface area (Å²) in [5.41, 5.74) is -0.838. The van der Waals surface area contributed by atoms with Gasteiger partial charge in [0.1, 0.15) is 0 Å². The van der Waals surface area contributed by atoms with Gasteiger partial charge in [-0.1, -0.05) is 19.8 Å². The van der Waals surface area contributed by atoms with E-state index in [1.54, 1.807) is 0 Å². The second-order valence-corrected chi connectivity index (χ2v) is 6.98. The zero-order valence-corrected chi connectivity index (χ0v) is 12.3. The van der Waals surface area contributed by atoms with Crippen LogP contribution in [0.4, 0.5) is 0 Å². The number of carbonyl (C=O) groups excluding carboxylic acids is 2. The zero-order chi connectivity index (χ0) is 14.3. The molecule has 0 aromatic heterocycles. The molecular weight excluding hydrogens is 254 g/mol. The Hall–Kier alpha value is -0.900. The van der Waals surface area contributed by atoms with Gasteiger partial charge in [0.2, 0.25) is 11.8 Å². The van der Waals surface area contributed by atoms with E-state index in [2.05, 4.69) is 6.92 Å². The normalized spacial score (nSPS) is 41.3. The van der Waals surface area contributed by atoms with Crippen LogP contribution in [0.3, 0.4) is 0 Å². The molecule has 4 heteroatoms. The minimum Gasteiger partial charge on any atom is -0.388 e. The first-order valence-electron chi connectivity index (χ1n) is 8.11. The lowest BCUT2D eigenvalue weighted by atomic mass is 9.77. The number of nitrogens with zero attached hydrogens (tertiary/aromatic N) is 1. The molecule has 112 valence electrons. The number of hydrogen-bond donors (Lipinski definition) is 1. The van der Waals surface area contributed by atoms with Crippen LogP contribution in [0.15, 0.2) is 0 Å². The quantitative estimate of drug-likeness (QED) is 0.805. The van der Waals surface area contributed by atoms with E-state index in [1.807, 2.05) is 0 Å².